The molecule has 0 atom stereocenters. The summed E-state index contributed by atoms with van der Waals surface area (Å²) >= 11 is 0. The van der Waals surface area contributed by atoms with Gasteiger partial charge in [-0.25, -0.2) is 0 Å². The molecule has 9 heteroatoms. The predicted octanol–water partition coefficient (Wildman–Crippen LogP) is 1.44. The molecule has 0 radical (unpaired) electrons. The van der Waals surface area contributed by atoms with Gasteiger partial charge in [-0.05, 0) is 60.7 Å². The molecular weight excluding hydrogens is 490 g/mol. The standard InChI is InChI=1S/C12H26N2.C10H21N2.CH3.2Mn.3H2O/c1-5-7-9-13(3)11-12-14(4)10-8-6-2;1-10-4-6-11(2)8-9-12(3)7-5-10;;;;;;/h5H,1,6-12H2,2-4H3;4-9H2,1-3H3;1H3;;;3*1H2/q;2*-1;2*+3;;;. The summed E-state index contributed by atoms with van der Waals surface area (Å²) in [6.07, 6.45) is 8.24. The van der Waals surface area contributed by atoms with Crippen molar-refractivity contribution in [3.8, 4) is 0 Å². The maximum Gasteiger partial charge on any atom is 3.00 e. The van der Waals surface area contributed by atoms with Gasteiger partial charge in [-0.15, -0.1) is 6.58 Å². The van der Waals surface area contributed by atoms with Crippen molar-refractivity contribution in [3.63, 3.8) is 0 Å². The van der Waals surface area contributed by atoms with Gasteiger partial charge in [0.25, 0.3) is 0 Å². The molecule has 0 spiro atoms. The topological polar surface area (TPSA) is 107 Å². The Labute approximate surface area is 222 Å². The summed E-state index contributed by atoms with van der Waals surface area (Å²) in [5, 5.41) is 0. The van der Waals surface area contributed by atoms with Crippen LogP contribution in [0.3, 0.4) is 0 Å². The Morgan fingerprint density at radius 3 is 1.59 bits per heavy atom. The van der Waals surface area contributed by atoms with Crippen molar-refractivity contribution in [1.82, 2.24) is 19.6 Å². The van der Waals surface area contributed by atoms with E-state index < -0.39 is 0 Å². The Hall–Kier alpha value is 0.499. The molecule has 1 aliphatic rings. The van der Waals surface area contributed by atoms with Crippen molar-refractivity contribution in [3.05, 3.63) is 26.0 Å². The molecule has 0 aromatic carbocycles. The summed E-state index contributed by atoms with van der Waals surface area (Å²) < 4.78 is 0. The normalized spacial score (nSPS) is 14.8. The number of likely N-dealkylation sites (N-methyl/N-ethyl adjacent to an activating group) is 4. The molecule has 32 heavy (non-hydrogen) atoms. The second-order valence-corrected chi connectivity index (χ2v) is 8.10. The number of unbranched alkanes of at least 4 members (excludes halogenated alkanes) is 1. The van der Waals surface area contributed by atoms with Gasteiger partial charge in [-0.1, -0.05) is 19.4 Å². The van der Waals surface area contributed by atoms with Crippen LogP contribution in [0.25, 0.3) is 0 Å². The fourth-order valence-electron chi connectivity index (χ4n) is 2.76. The maximum absolute atomic E-state index is 3.73. The molecule has 0 saturated carbocycles. The molecule has 7 nitrogen and oxygen atoms in total. The zero-order valence-corrected chi connectivity index (χ0v) is 24.4. The van der Waals surface area contributed by atoms with Gasteiger partial charge in [0, 0.05) is 32.7 Å². The van der Waals surface area contributed by atoms with Crippen molar-refractivity contribution in [2.75, 3.05) is 80.5 Å². The average molecular weight is 547 g/mol. The SMILES string of the molecule is C=CCCN(C)CCN(C)CCCC.C[C-]1CCN(C)CCN(C)CC1.O.O.O.[CH3-].[Mn+3].[Mn+3]. The molecule has 0 bridgehead atoms. The summed E-state index contributed by atoms with van der Waals surface area (Å²) in [7, 11) is 8.81. The number of hydrogen-bond donors (Lipinski definition) is 0. The first-order chi connectivity index (χ1) is 12.4. The van der Waals surface area contributed by atoms with Crippen LogP contribution in [-0.4, -0.2) is 117 Å². The number of hydrogen-bond acceptors (Lipinski definition) is 4. The summed E-state index contributed by atoms with van der Waals surface area (Å²) in [6, 6.07) is 0. The van der Waals surface area contributed by atoms with E-state index in [1.54, 1.807) is 5.92 Å². The third kappa shape index (κ3) is 32.7. The van der Waals surface area contributed by atoms with E-state index in [-0.39, 0.29) is 58.0 Å². The summed E-state index contributed by atoms with van der Waals surface area (Å²) in [4.78, 5) is 9.62. The van der Waals surface area contributed by atoms with Crippen molar-refractivity contribution in [2.24, 2.45) is 0 Å². The summed E-state index contributed by atoms with van der Waals surface area (Å²) in [6.45, 7) is 17.8. The molecule has 196 valence electrons. The van der Waals surface area contributed by atoms with Crippen LogP contribution in [0.2, 0.25) is 0 Å². The van der Waals surface area contributed by atoms with E-state index in [0.717, 1.165) is 19.5 Å². The van der Waals surface area contributed by atoms with Crippen LogP contribution < -0.4 is 0 Å². The minimum atomic E-state index is 0. The predicted molar refractivity (Wildman–Crippen MR) is 135 cm³/mol. The molecule has 1 heterocycles. The molecule has 0 aromatic rings. The van der Waals surface area contributed by atoms with E-state index in [2.05, 4.69) is 68.2 Å². The molecule has 1 rings (SSSR count). The molecule has 0 aliphatic carbocycles. The Kier molecular flexibility index (Phi) is 52.2. The zero-order chi connectivity index (χ0) is 19.8. The van der Waals surface area contributed by atoms with Crippen LogP contribution >= 0.6 is 0 Å². The first-order valence-electron chi connectivity index (χ1n) is 10.5. The minimum Gasteiger partial charge on any atom is -0.412 e. The van der Waals surface area contributed by atoms with Gasteiger partial charge >= 0.3 is 34.1 Å². The van der Waals surface area contributed by atoms with Gasteiger partial charge in [0.15, 0.2) is 0 Å². The van der Waals surface area contributed by atoms with Gasteiger partial charge in [0.1, 0.15) is 0 Å². The van der Waals surface area contributed by atoms with Crippen LogP contribution in [0.1, 0.15) is 46.0 Å². The second kappa shape index (κ2) is 33.7. The van der Waals surface area contributed by atoms with Crippen molar-refractivity contribution < 1.29 is 50.6 Å². The van der Waals surface area contributed by atoms with E-state index >= 15 is 0 Å². The van der Waals surface area contributed by atoms with Gasteiger partial charge in [-0.2, -0.15) is 19.8 Å². The first kappa shape index (κ1) is 49.6. The largest absolute Gasteiger partial charge is 3.00 e. The monoisotopic (exact) mass is 546 g/mol. The van der Waals surface area contributed by atoms with Gasteiger partial charge in [0.05, 0.1) is 0 Å². The number of nitrogens with zero attached hydrogens (tertiary/aromatic N) is 4. The quantitative estimate of drug-likeness (QED) is 0.248. The third-order valence-corrected chi connectivity index (χ3v) is 5.18. The number of rotatable bonds is 9. The van der Waals surface area contributed by atoms with Crippen LogP contribution in [0.15, 0.2) is 12.7 Å². The molecule has 0 unspecified atom stereocenters. The van der Waals surface area contributed by atoms with Gasteiger partial charge in [-0.3, -0.25) is 0 Å². The van der Waals surface area contributed by atoms with Crippen LogP contribution in [0, 0.1) is 13.3 Å². The molecule has 0 aromatic heterocycles. The molecule has 1 saturated heterocycles. The van der Waals surface area contributed by atoms with Crippen LogP contribution in [-0.2, 0) is 34.1 Å². The minimum absolute atomic E-state index is 0. The van der Waals surface area contributed by atoms with Crippen LogP contribution in [0.5, 0.6) is 0 Å². The summed E-state index contributed by atoms with van der Waals surface area (Å²) in [5.41, 5.74) is 0. The Morgan fingerprint density at radius 1 is 0.812 bits per heavy atom. The molecule has 6 N–H and O–H groups in total. The van der Waals surface area contributed by atoms with Gasteiger partial charge < -0.3 is 49.4 Å². The average Bonchev–Trinajstić information content (AvgIpc) is 2.70. The van der Waals surface area contributed by atoms with E-state index in [4.69, 9.17) is 0 Å². The first-order valence-corrected chi connectivity index (χ1v) is 10.5. The zero-order valence-electron chi connectivity index (χ0n) is 22.0. The van der Waals surface area contributed by atoms with Crippen molar-refractivity contribution in [2.45, 2.75) is 46.0 Å². The van der Waals surface area contributed by atoms with Gasteiger partial charge in [0.2, 0.25) is 0 Å². The summed E-state index contributed by atoms with van der Waals surface area (Å²) in [5.74, 6) is 1.65. The van der Waals surface area contributed by atoms with Crippen LogP contribution in [0.4, 0.5) is 0 Å². The molecule has 0 amide bonds. The Balaban J connectivity index is -0.0000000661. The maximum atomic E-state index is 3.73. The van der Waals surface area contributed by atoms with E-state index in [1.165, 1.54) is 65.0 Å². The molecule has 1 aliphatic heterocycles. The smallest absolute Gasteiger partial charge is 0.412 e. The van der Waals surface area contributed by atoms with E-state index in [1.807, 2.05) is 6.08 Å². The molecule has 1 fully saturated rings. The molecular formula is C23H56Mn2N4O3+4. The van der Waals surface area contributed by atoms with E-state index in [0.29, 0.717) is 0 Å². The Bertz CT molecular complexity index is 311. The second-order valence-electron chi connectivity index (χ2n) is 8.10. The fourth-order valence-corrected chi connectivity index (χ4v) is 2.76. The van der Waals surface area contributed by atoms with Crippen molar-refractivity contribution in [1.29, 1.82) is 0 Å². The fraction of sp³-hybridized carbons (Fsp3) is 0.826. The van der Waals surface area contributed by atoms with Crippen molar-refractivity contribution >= 4 is 0 Å². The Morgan fingerprint density at radius 2 is 1.22 bits per heavy atom. The van der Waals surface area contributed by atoms with E-state index in [9.17, 15) is 0 Å². The third-order valence-electron chi connectivity index (χ3n) is 5.18.